The lowest BCUT2D eigenvalue weighted by Gasteiger charge is -2.23. The molecule has 0 spiro atoms. The molecule has 1 heterocycles. The predicted molar refractivity (Wildman–Crippen MR) is 94.4 cm³/mol. The SMILES string of the molecule is CCCOc1c(Br)cc(C(=O)NCC2CCCNC2)cc1OC. The monoisotopic (exact) mass is 384 g/mol. The summed E-state index contributed by atoms with van der Waals surface area (Å²) in [6.07, 6.45) is 3.24. The number of hydrogen-bond acceptors (Lipinski definition) is 4. The largest absolute Gasteiger partial charge is 0.493 e. The Bertz CT molecular complexity index is 531. The van der Waals surface area contributed by atoms with Crippen molar-refractivity contribution in [3.63, 3.8) is 0 Å². The van der Waals surface area contributed by atoms with E-state index in [9.17, 15) is 4.79 Å². The summed E-state index contributed by atoms with van der Waals surface area (Å²) in [5.74, 6) is 1.63. The highest BCUT2D eigenvalue weighted by Gasteiger charge is 2.18. The first-order chi connectivity index (χ1) is 11.2. The van der Waals surface area contributed by atoms with E-state index in [1.54, 1.807) is 19.2 Å². The van der Waals surface area contributed by atoms with Gasteiger partial charge in [0.1, 0.15) is 0 Å². The average molecular weight is 385 g/mol. The Morgan fingerprint density at radius 2 is 2.30 bits per heavy atom. The van der Waals surface area contributed by atoms with Gasteiger partial charge in [-0.3, -0.25) is 4.79 Å². The van der Waals surface area contributed by atoms with Crippen LogP contribution in [0, 0.1) is 5.92 Å². The van der Waals surface area contributed by atoms with Crippen LogP contribution >= 0.6 is 15.9 Å². The smallest absolute Gasteiger partial charge is 0.251 e. The van der Waals surface area contributed by atoms with Gasteiger partial charge < -0.3 is 20.1 Å². The van der Waals surface area contributed by atoms with Crippen molar-refractivity contribution in [1.29, 1.82) is 0 Å². The Morgan fingerprint density at radius 1 is 1.48 bits per heavy atom. The highest BCUT2D eigenvalue weighted by molar-refractivity contribution is 9.10. The highest BCUT2D eigenvalue weighted by atomic mass is 79.9. The van der Waals surface area contributed by atoms with E-state index in [0.29, 0.717) is 36.1 Å². The van der Waals surface area contributed by atoms with Crippen molar-refractivity contribution in [1.82, 2.24) is 10.6 Å². The van der Waals surface area contributed by atoms with Crippen LogP contribution in [0.3, 0.4) is 0 Å². The van der Waals surface area contributed by atoms with Crippen molar-refractivity contribution in [2.45, 2.75) is 26.2 Å². The lowest BCUT2D eigenvalue weighted by Crippen LogP contribution is -2.38. The number of ether oxygens (including phenoxy) is 2. The molecule has 5 nitrogen and oxygen atoms in total. The second-order valence-corrected chi connectivity index (χ2v) is 6.61. The fourth-order valence-electron chi connectivity index (χ4n) is 2.63. The fourth-order valence-corrected chi connectivity index (χ4v) is 3.19. The number of piperidine rings is 1. The number of nitrogens with one attached hydrogen (secondary N) is 2. The number of halogens is 1. The second kappa shape index (κ2) is 9.13. The first-order valence-corrected chi connectivity index (χ1v) is 8.94. The second-order valence-electron chi connectivity index (χ2n) is 5.76. The van der Waals surface area contributed by atoms with E-state index in [1.165, 1.54) is 6.42 Å². The van der Waals surface area contributed by atoms with E-state index in [0.717, 1.165) is 30.4 Å². The van der Waals surface area contributed by atoms with Crippen molar-refractivity contribution in [3.8, 4) is 11.5 Å². The van der Waals surface area contributed by atoms with Gasteiger partial charge in [-0.2, -0.15) is 0 Å². The highest BCUT2D eigenvalue weighted by Crippen LogP contribution is 2.36. The molecule has 0 radical (unpaired) electrons. The summed E-state index contributed by atoms with van der Waals surface area (Å²) in [7, 11) is 1.58. The van der Waals surface area contributed by atoms with Crippen LogP contribution in [0.5, 0.6) is 11.5 Å². The molecule has 1 saturated heterocycles. The van der Waals surface area contributed by atoms with Crippen LogP contribution in [0.1, 0.15) is 36.5 Å². The zero-order valence-electron chi connectivity index (χ0n) is 13.8. The minimum Gasteiger partial charge on any atom is -0.493 e. The molecule has 6 heteroatoms. The molecule has 0 bridgehead atoms. The number of carbonyl (C=O) groups excluding carboxylic acids is 1. The van der Waals surface area contributed by atoms with Crippen LogP contribution < -0.4 is 20.1 Å². The summed E-state index contributed by atoms with van der Waals surface area (Å²) in [5, 5.41) is 6.37. The van der Waals surface area contributed by atoms with Gasteiger partial charge in [0.2, 0.25) is 0 Å². The quantitative estimate of drug-likeness (QED) is 0.758. The third kappa shape index (κ3) is 5.11. The molecule has 0 aromatic heterocycles. The molecule has 0 aliphatic carbocycles. The molecule has 1 aliphatic rings. The van der Waals surface area contributed by atoms with Gasteiger partial charge in [0.25, 0.3) is 5.91 Å². The zero-order valence-corrected chi connectivity index (χ0v) is 15.4. The van der Waals surface area contributed by atoms with Crippen molar-refractivity contribution < 1.29 is 14.3 Å². The minimum absolute atomic E-state index is 0.0865. The number of amides is 1. The van der Waals surface area contributed by atoms with Gasteiger partial charge in [-0.05, 0) is 66.3 Å². The molecule has 1 unspecified atom stereocenters. The lowest BCUT2D eigenvalue weighted by molar-refractivity contribution is 0.0944. The molecule has 1 atom stereocenters. The van der Waals surface area contributed by atoms with Gasteiger partial charge in [0.15, 0.2) is 11.5 Å². The van der Waals surface area contributed by atoms with Crippen LogP contribution in [0.4, 0.5) is 0 Å². The molecule has 1 amide bonds. The molecule has 1 fully saturated rings. The number of carbonyl (C=O) groups is 1. The van der Waals surface area contributed by atoms with E-state index in [4.69, 9.17) is 9.47 Å². The van der Waals surface area contributed by atoms with Crippen LogP contribution in [-0.4, -0.2) is 39.3 Å². The van der Waals surface area contributed by atoms with Gasteiger partial charge >= 0.3 is 0 Å². The number of rotatable bonds is 7. The topological polar surface area (TPSA) is 59.6 Å². The fraction of sp³-hybridized carbons (Fsp3) is 0.588. The zero-order chi connectivity index (χ0) is 16.7. The van der Waals surface area contributed by atoms with Crippen LogP contribution in [0.2, 0.25) is 0 Å². The van der Waals surface area contributed by atoms with Gasteiger partial charge in [-0.15, -0.1) is 0 Å². The number of hydrogen-bond donors (Lipinski definition) is 2. The van der Waals surface area contributed by atoms with Gasteiger partial charge in [0, 0.05) is 12.1 Å². The summed E-state index contributed by atoms with van der Waals surface area (Å²) in [5.41, 5.74) is 0.571. The molecule has 1 aliphatic heterocycles. The van der Waals surface area contributed by atoms with Crippen molar-refractivity contribution >= 4 is 21.8 Å². The van der Waals surface area contributed by atoms with E-state index in [1.807, 2.05) is 6.92 Å². The van der Waals surface area contributed by atoms with Gasteiger partial charge in [0.05, 0.1) is 18.2 Å². The Morgan fingerprint density at radius 3 is 2.96 bits per heavy atom. The first-order valence-electron chi connectivity index (χ1n) is 8.15. The van der Waals surface area contributed by atoms with E-state index in [-0.39, 0.29) is 5.91 Å². The Kier molecular flexibility index (Phi) is 7.17. The molecule has 2 rings (SSSR count). The molecule has 1 aromatic rings. The van der Waals surface area contributed by atoms with E-state index >= 15 is 0 Å². The third-order valence-electron chi connectivity index (χ3n) is 3.89. The van der Waals surface area contributed by atoms with Crippen LogP contribution in [0.15, 0.2) is 16.6 Å². The summed E-state index contributed by atoms with van der Waals surface area (Å²) < 4.78 is 11.8. The standard InChI is InChI=1S/C17H25BrN2O3/c1-3-7-23-16-14(18)8-13(9-15(16)22-2)17(21)20-11-12-5-4-6-19-10-12/h8-9,12,19H,3-7,10-11H2,1-2H3,(H,20,21). The summed E-state index contributed by atoms with van der Waals surface area (Å²) in [6, 6.07) is 3.51. The number of benzene rings is 1. The van der Waals surface area contributed by atoms with Gasteiger partial charge in [-0.25, -0.2) is 0 Å². The van der Waals surface area contributed by atoms with Crippen molar-refractivity contribution in [2.24, 2.45) is 5.92 Å². The van der Waals surface area contributed by atoms with Crippen LogP contribution in [0.25, 0.3) is 0 Å². The van der Waals surface area contributed by atoms with Crippen LogP contribution in [-0.2, 0) is 0 Å². The van der Waals surface area contributed by atoms with E-state index < -0.39 is 0 Å². The molecule has 0 saturated carbocycles. The maximum absolute atomic E-state index is 12.4. The maximum atomic E-state index is 12.4. The van der Waals surface area contributed by atoms with Crippen molar-refractivity contribution in [3.05, 3.63) is 22.2 Å². The van der Waals surface area contributed by atoms with Gasteiger partial charge in [-0.1, -0.05) is 6.92 Å². The molecule has 128 valence electrons. The molecule has 1 aromatic carbocycles. The summed E-state index contributed by atoms with van der Waals surface area (Å²) in [4.78, 5) is 12.4. The Hall–Kier alpha value is -1.27. The number of methoxy groups -OCH3 is 1. The lowest BCUT2D eigenvalue weighted by atomic mass is 9.99. The Labute approximate surface area is 146 Å². The molecule has 23 heavy (non-hydrogen) atoms. The first kappa shape index (κ1) is 18.1. The minimum atomic E-state index is -0.0865. The molecular weight excluding hydrogens is 360 g/mol. The average Bonchev–Trinajstić information content (AvgIpc) is 2.58. The summed E-state index contributed by atoms with van der Waals surface area (Å²) >= 11 is 3.47. The normalized spacial score (nSPS) is 17.6. The van der Waals surface area contributed by atoms with E-state index in [2.05, 4.69) is 26.6 Å². The third-order valence-corrected chi connectivity index (χ3v) is 4.48. The molecular formula is C17H25BrN2O3. The summed E-state index contributed by atoms with van der Waals surface area (Å²) in [6.45, 7) is 5.39. The van der Waals surface area contributed by atoms with Crippen molar-refractivity contribution in [2.75, 3.05) is 33.4 Å². The molecule has 2 N–H and O–H groups in total. The predicted octanol–water partition coefficient (Wildman–Crippen LogP) is 2.98. The maximum Gasteiger partial charge on any atom is 0.251 e. The Balaban J connectivity index is 2.03.